The fourth-order valence-electron chi connectivity index (χ4n) is 2.83. The molecule has 20 heavy (non-hydrogen) atoms. The minimum absolute atomic E-state index is 0.136. The molecule has 0 fully saturated rings. The molecule has 4 nitrogen and oxygen atoms in total. The minimum Gasteiger partial charge on any atom is -0.398 e. The lowest BCUT2D eigenvalue weighted by atomic mass is 9.96. The number of para-hydroxylation sites is 1. The van der Waals surface area contributed by atoms with E-state index in [-0.39, 0.29) is 6.04 Å². The molecule has 1 heterocycles. The molecule has 4 heteroatoms. The molecule has 0 spiro atoms. The van der Waals surface area contributed by atoms with Gasteiger partial charge in [0.2, 0.25) is 0 Å². The van der Waals surface area contributed by atoms with Crippen molar-refractivity contribution < 1.29 is 0 Å². The Morgan fingerprint density at radius 3 is 2.80 bits per heavy atom. The van der Waals surface area contributed by atoms with Gasteiger partial charge in [-0.05, 0) is 44.2 Å². The summed E-state index contributed by atoms with van der Waals surface area (Å²) >= 11 is 0. The molecule has 1 aromatic carbocycles. The normalized spacial score (nSPS) is 15.4. The molecule has 0 saturated carbocycles. The molecule has 2 aromatic rings. The molecule has 1 aliphatic rings. The van der Waals surface area contributed by atoms with Gasteiger partial charge in [-0.25, -0.2) is 9.97 Å². The molecule has 0 saturated heterocycles. The second-order valence-corrected chi connectivity index (χ2v) is 5.35. The molecular weight excluding hydrogens is 248 g/mol. The second kappa shape index (κ2) is 5.49. The molecule has 3 N–H and O–H groups in total. The van der Waals surface area contributed by atoms with Crippen molar-refractivity contribution in [2.45, 2.75) is 38.6 Å². The summed E-state index contributed by atoms with van der Waals surface area (Å²) in [6.45, 7) is 2.11. The van der Waals surface area contributed by atoms with E-state index in [0.29, 0.717) is 0 Å². The summed E-state index contributed by atoms with van der Waals surface area (Å²) < 4.78 is 0. The largest absolute Gasteiger partial charge is 0.398 e. The number of nitrogen functional groups attached to an aromatic ring is 1. The van der Waals surface area contributed by atoms with E-state index in [2.05, 4.69) is 28.3 Å². The van der Waals surface area contributed by atoms with Gasteiger partial charge in [-0.15, -0.1) is 0 Å². The Balaban J connectivity index is 1.86. The van der Waals surface area contributed by atoms with E-state index in [1.807, 2.05) is 18.2 Å². The number of hydrogen-bond acceptors (Lipinski definition) is 4. The quantitative estimate of drug-likeness (QED) is 0.840. The number of nitrogens with zero attached hydrogens (tertiary/aromatic N) is 2. The summed E-state index contributed by atoms with van der Waals surface area (Å²) in [5.74, 6) is 0.963. The molecule has 0 aliphatic heterocycles. The van der Waals surface area contributed by atoms with Crippen LogP contribution >= 0.6 is 0 Å². The maximum Gasteiger partial charge on any atom is 0.133 e. The van der Waals surface area contributed by atoms with Gasteiger partial charge in [0.05, 0.1) is 6.04 Å². The Kier molecular flexibility index (Phi) is 3.54. The monoisotopic (exact) mass is 268 g/mol. The van der Waals surface area contributed by atoms with E-state index in [9.17, 15) is 0 Å². The summed E-state index contributed by atoms with van der Waals surface area (Å²) in [7, 11) is 0. The van der Waals surface area contributed by atoms with Gasteiger partial charge in [0.1, 0.15) is 12.1 Å². The van der Waals surface area contributed by atoms with Crippen LogP contribution in [0.15, 0.2) is 30.6 Å². The van der Waals surface area contributed by atoms with Crippen LogP contribution in [0.2, 0.25) is 0 Å². The van der Waals surface area contributed by atoms with Gasteiger partial charge in [-0.1, -0.05) is 18.2 Å². The lowest BCUT2D eigenvalue weighted by Gasteiger charge is -2.22. The molecule has 0 bridgehead atoms. The van der Waals surface area contributed by atoms with Crippen molar-refractivity contribution in [3.63, 3.8) is 0 Å². The molecule has 0 amide bonds. The summed E-state index contributed by atoms with van der Waals surface area (Å²) in [5, 5.41) is 3.50. The third-order valence-corrected chi connectivity index (χ3v) is 3.94. The van der Waals surface area contributed by atoms with Gasteiger partial charge in [0.15, 0.2) is 0 Å². The van der Waals surface area contributed by atoms with Crippen molar-refractivity contribution in [2.75, 3.05) is 11.1 Å². The van der Waals surface area contributed by atoms with Gasteiger partial charge in [-0.3, -0.25) is 0 Å². The minimum atomic E-state index is 0.136. The first-order valence-corrected chi connectivity index (χ1v) is 7.19. The van der Waals surface area contributed by atoms with E-state index < -0.39 is 0 Å². The molecular formula is C16H20N4. The molecule has 3 rings (SSSR count). The van der Waals surface area contributed by atoms with E-state index in [1.165, 1.54) is 24.1 Å². The van der Waals surface area contributed by atoms with Crippen molar-refractivity contribution >= 4 is 11.5 Å². The number of aryl methyl sites for hydroxylation is 1. The molecule has 0 radical (unpaired) electrons. The number of nitrogens with one attached hydrogen (secondary N) is 1. The lowest BCUT2D eigenvalue weighted by Crippen LogP contribution is -2.15. The average Bonchev–Trinajstić information content (AvgIpc) is 2.48. The number of aromatic nitrogens is 2. The summed E-state index contributed by atoms with van der Waals surface area (Å²) in [6.07, 6.45) is 6.24. The number of anilines is 2. The van der Waals surface area contributed by atoms with Crippen LogP contribution in [0.4, 0.5) is 11.5 Å². The maximum absolute atomic E-state index is 6.04. The Morgan fingerprint density at radius 1 is 1.15 bits per heavy atom. The van der Waals surface area contributed by atoms with Gasteiger partial charge in [0.25, 0.3) is 0 Å². The third-order valence-electron chi connectivity index (χ3n) is 3.94. The Morgan fingerprint density at radius 2 is 1.95 bits per heavy atom. The molecule has 1 unspecified atom stereocenters. The maximum atomic E-state index is 6.04. The number of rotatable bonds is 3. The highest BCUT2D eigenvalue weighted by molar-refractivity contribution is 5.53. The van der Waals surface area contributed by atoms with Crippen LogP contribution in [0.3, 0.4) is 0 Å². The zero-order chi connectivity index (χ0) is 13.9. The highest BCUT2D eigenvalue weighted by atomic mass is 15.0. The molecule has 1 aromatic heterocycles. The lowest BCUT2D eigenvalue weighted by molar-refractivity contribution is 0.661. The molecule has 1 atom stereocenters. The van der Waals surface area contributed by atoms with Crippen molar-refractivity contribution in [3.8, 4) is 0 Å². The Bertz CT molecular complexity index is 609. The first kappa shape index (κ1) is 12.9. The van der Waals surface area contributed by atoms with Crippen molar-refractivity contribution in [1.82, 2.24) is 9.97 Å². The predicted molar refractivity (Wildman–Crippen MR) is 81.6 cm³/mol. The van der Waals surface area contributed by atoms with Crippen LogP contribution in [0.1, 0.15) is 42.6 Å². The van der Waals surface area contributed by atoms with Crippen molar-refractivity contribution in [3.05, 3.63) is 47.4 Å². The van der Waals surface area contributed by atoms with Gasteiger partial charge in [0, 0.05) is 16.9 Å². The van der Waals surface area contributed by atoms with Crippen LogP contribution in [-0.2, 0) is 12.8 Å². The van der Waals surface area contributed by atoms with Crippen LogP contribution in [0.5, 0.6) is 0 Å². The second-order valence-electron chi connectivity index (χ2n) is 5.35. The SMILES string of the molecule is CC(Nc1ncnc2c1CCCC2)c1ccccc1N. The van der Waals surface area contributed by atoms with Crippen LogP contribution in [0.25, 0.3) is 0 Å². The Labute approximate surface area is 119 Å². The van der Waals surface area contributed by atoms with E-state index in [4.69, 9.17) is 5.73 Å². The molecule has 1 aliphatic carbocycles. The average molecular weight is 268 g/mol. The first-order chi connectivity index (χ1) is 9.75. The summed E-state index contributed by atoms with van der Waals surface area (Å²) in [4.78, 5) is 8.83. The van der Waals surface area contributed by atoms with Gasteiger partial charge >= 0.3 is 0 Å². The number of nitrogens with two attached hydrogens (primary N) is 1. The van der Waals surface area contributed by atoms with Gasteiger partial charge in [-0.2, -0.15) is 0 Å². The predicted octanol–water partition coefficient (Wildman–Crippen LogP) is 3.11. The van der Waals surface area contributed by atoms with Crippen LogP contribution in [-0.4, -0.2) is 9.97 Å². The van der Waals surface area contributed by atoms with E-state index in [1.54, 1.807) is 6.33 Å². The zero-order valence-corrected chi connectivity index (χ0v) is 11.8. The van der Waals surface area contributed by atoms with Crippen molar-refractivity contribution in [2.24, 2.45) is 0 Å². The topological polar surface area (TPSA) is 63.8 Å². The van der Waals surface area contributed by atoms with E-state index in [0.717, 1.165) is 29.9 Å². The Hall–Kier alpha value is -2.10. The number of benzene rings is 1. The van der Waals surface area contributed by atoms with E-state index >= 15 is 0 Å². The molecule has 104 valence electrons. The third kappa shape index (κ3) is 2.46. The summed E-state index contributed by atoms with van der Waals surface area (Å²) in [6, 6.07) is 8.10. The van der Waals surface area contributed by atoms with Crippen LogP contribution < -0.4 is 11.1 Å². The van der Waals surface area contributed by atoms with Crippen LogP contribution in [0, 0.1) is 0 Å². The summed E-state index contributed by atoms with van der Waals surface area (Å²) in [5.41, 5.74) is 10.4. The fraction of sp³-hybridized carbons (Fsp3) is 0.375. The van der Waals surface area contributed by atoms with Gasteiger partial charge < -0.3 is 11.1 Å². The standard InChI is InChI=1S/C16H20N4/c1-11(12-6-2-4-8-14(12)17)20-16-13-7-3-5-9-15(13)18-10-19-16/h2,4,6,8,10-11H,3,5,7,9,17H2,1H3,(H,18,19,20). The number of hydrogen-bond donors (Lipinski definition) is 2. The fourth-order valence-corrected chi connectivity index (χ4v) is 2.83. The van der Waals surface area contributed by atoms with Crippen molar-refractivity contribution in [1.29, 1.82) is 0 Å². The first-order valence-electron chi connectivity index (χ1n) is 7.19. The highest BCUT2D eigenvalue weighted by Gasteiger charge is 2.17. The highest BCUT2D eigenvalue weighted by Crippen LogP contribution is 2.28. The smallest absolute Gasteiger partial charge is 0.133 e. The number of fused-ring (bicyclic) bond motifs is 1. The zero-order valence-electron chi connectivity index (χ0n) is 11.8.